The van der Waals surface area contributed by atoms with Gasteiger partial charge in [-0.3, -0.25) is 44.7 Å². The average Bonchev–Trinajstić information content (AvgIpc) is 2.00. The molecular formula is C7H18BCl2I2N. The summed E-state index contributed by atoms with van der Waals surface area (Å²) in [6.07, 6.45) is 0. The first-order valence-corrected chi connectivity index (χ1v) is 7.75. The van der Waals surface area contributed by atoms with Gasteiger partial charge in [-0.15, -0.1) is 0 Å². The van der Waals surface area contributed by atoms with Crippen LogP contribution in [0.15, 0.2) is 0 Å². The topological polar surface area (TPSA) is 0 Å². The fourth-order valence-corrected chi connectivity index (χ4v) is 0.671. The van der Waals surface area contributed by atoms with Crippen LogP contribution >= 0.6 is 67.7 Å². The van der Waals surface area contributed by atoms with Gasteiger partial charge >= 0.3 is 0 Å². The highest BCUT2D eigenvalue weighted by Gasteiger charge is 2.10. The van der Waals surface area contributed by atoms with Gasteiger partial charge in [0.2, 0.25) is 0 Å². The van der Waals surface area contributed by atoms with E-state index in [0.29, 0.717) is 0 Å². The summed E-state index contributed by atoms with van der Waals surface area (Å²) in [5.41, 5.74) is 0. The highest BCUT2D eigenvalue weighted by Crippen LogP contribution is 2.29. The third-order valence-corrected chi connectivity index (χ3v) is 2.29. The molecule has 13 heavy (non-hydrogen) atoms. The van der Waals surface area contributed by atoms with Crippen LogP contribution in [0.4, 0.5) is 0 Å². The largest absolute Gasteiger partial charge is 0.343 e. The van der Waals surface area contributed by atoms with E-state index >= 15 is 0 Å². The zero-order valence-corrected chi connectivity index (χ0v) is 14.5. The molecule has 0 amide bonds. The Bertz CT molecular complexity index is 112. The second-order valence-corrected chi connectivity index (χ2v) is 13.7. The first-order chi connectivity index (χ1) is 5.68. The monoisotopic (exact) mass is 451 g/mol. The maximum atomic E-state index is 5.33. The Morgan fingerprint density at radius 1 is 1.00 bits per heavy atom. The second kappa shape index (κ2) is 8.24. The van der Waals surface area contributed by atoms with Crippen molar-refractivity contribution in [3.05, 3.63) is 0 Å². The molecule has 0 aromatic carbocycles. The number of rotatable bonds is 3. The fourth-order valence-electron chi connectivity index (χ4n) is 0.671. The molecule has 0 rings (SSSR count). The first kappa shape index (κ1) is 17.5. The molecule has 0 aromatic rings. The number of hydrogen-bond acceptors (Lipinski definition) is 0. The van der Waals surface area contributed by atoms with E-state index in [2.05, 4.69) is 27.8 Å². The van der Waals surface area contributed by atoms with E-state index in [1.54, 1.807) is 0 Å². The molecule has 0 aliphatic carbocycles. The van der Waals surface area contributed by atoms with E-state index in [-0.39, 0.29) is 0 Å². The third kappa shape index (κ3) is 16.7. The zero-order valence-electron chi connectivity index (χ0n) is 8.66. The predicted octanol–water partition coefficient (Wildman–Crippen LogP) is 4.26. The van der Waals surface area contributed by atoms with E-state index in [1.165, 1.54) is 24.1 Å². The van der Waals surface area contributed by atoms with Gasteiger partial charge in [-0.2, -0.15) is 0 Å². The minimum Gasteiger partial charge on any atom is -0.343 e. The van der Waals surface area contributed by atoms with Crippen molar-refractivity contribution < 1.29 is 4.48 Å². The van der Waals surface area contributed by atoms with Crippen LogP contribution in [-0.4, -0.2) is 31.9 Å². The Morgan fingerprint density at radius 2 is 1.15 bits per heavy atom. The molecular weight excluding hydrogens is 434 g/mol. The number of halogens is 4. The molecule has 0 saturated carbocycles. The summed E-state index contributed by atoms with van der Waals surface area (Å²) in [6, 6.07) is 0. The molecule has 0 bridgehead atoms. The van der Waals surface area contributed by atoms with Gasteiger partial charge in [-0.1, -0.05) is 0 Å². The molecule has 0 saturated heterocycles. The summed E-state index contributed by atoms with van der Waals surface area (Å²) in [7, 11) is 2.29. The van der Waals surface area contributed by atoms with Gasteiger partial charge in [0, 0.05) is 0 Å². The molecule has 0 aromatic heterocycles. The molecule has 6 heteroatoms. The van der Waals surface area contributed by atoms with Gasteiger partial charge in [-0.25, -0.2) is 0 Å². The van der Waals surface area contributed by atoms with Gasteiger partial charge in [0.05, 0.1) is 26.7 Å². The Balaban J connectivity index is 0. The molecule has 0 fully saturated rings. The Hall–Kier alpha value is 2.06. The van der Waals surface area contributed by atoms with Crippen molar-refractivity contribution in [2.24, 2.45) is 0 Å². The molecule has 0 aliphatic rings. The lowest BCUT2D eigenvalue weighted by molar-refractivity contribution is -0.904. The lowest BCUT2D eigenvalue weighted by atomic mass is 10.4. The van der Waals surface area contributed by atoms with Crippen molar-refractivity contribution in [1.82, 2.24) is 0 Å². The van der Waals surface area contributed by atoms with Crippen molar-refractivity contribution in [2.75, 3.05) is 26.7 Å². The van der Waals surface area contributed by atoms with Crippen molar-refractivity contribution in [2.45, 2.75) is 20.8 Å². The third-order valence-electron chi connectivity index (χ3n) is 2.29. The van der Waals surface area contributed by atoms with Crippen LogP contribution < -0.4 is 0 Å². The van der Waals surface area contributed by atoms with E-state index in [4.69, 9.17) is 22.9 Å². The van der Waals surface area contributed by atoms with E-state index < -0.39 is 0.690 Å². The molecule has 0 aliphatic heterocycles. The normalized spacial score (nSPS) is 12.0. The lowest BCUT2D eigenvalue weighted by Gasteiger charge is -2.30. The summed E-state index contributed by atoms with van der Waals surface area (Å²) in [4.78, 5) is 0. The van der Waals surface area contributed by atoms with Crippen molar-refractivity contribution in [3.63, 3.8) is 0 Å². The number of nitrogens with zero attached hydrogens (tertiary/aromatic N) is 1. The molecule has 0 spiro atoms. The Kier molecular flexibility index (Phi) is 11.1. The van der Waals surface area contributed by atoms with Gasteiger partial charge in [0.15, 0.2) is 0 Å². The minimum absolute atomic E-state index is 1.12. The van der Waals surface area contributed by atoms with Gasteiger partial charge in [0.1, 0.15) is 0 Å². The average molecular weight is 452 g/mol. The summed E-state index contributed by atoms with van der Waals surface area (Å²) >= 11 is 14.6. The molecule has 82 valence electrons. The quantitative estimate of drug-likeness (QED) is 0.342. The fraction of sp³-hybridized carbons (Fsp3) is 1.00. The van der Waals surface area contributed by atoms with Crippen LogP contribution in [0.3, 0.4) is 0 Å². The van der Waals surface area contributed by atoms with Crippen LogP contribution in [0.5, 0.6) is 0 Å². The highest BCUT2D eigenvalue weighted by atomic mass is 127. The van der Waals surface area contributed by atoms with E-state index in [1.807, 2.05) is 44.7 Å². The van der Waals surface area contributed by atoms with Crippen molar-refractivity contribution in [3.8, 4) is 0 Å². The maximum absolute atomic E-state index is 5.33. The molecule has 0 N–H and O–H groups in total. The Morgan fingerprint density at radius 3 is 1.15 bits per heavy atom. The molecule has 1 nitrogen and oxygen atoms in total. The van der Waals surface area contributed by atoms with Crippen molar-refractivity contribution in [1.29, 1.82) is 0 Å². The van der Waals surface area contributed by atoms with Gasteiger partial charge < -0.3 is 27.4 Å². The van der Waals surface area contributed by atoms with E-state index in [0.717, 1.165) is 0 Å². The predicted molar refractivity (Wildman–Crippen MR) is 83.3 cm³/mol. The lowest BCUT2D eigenvalue weighted by Crippen LogP contribution is -2.42. The molecule has 0 unspecified atom stereocenters. The Labute approximate surface area is 119 Å². The van der Waals surface area contributed by atoms with Crippen LogP contribution in [-0.2, 0) is 0 Å². The summed E-state index contributed by atoms with van der Waals surface area (Å²) in [6.45, 7) is 10.5. The zero-order chi connectivity index (χ0) is 11.1. The van der Waals surface area contributed by atoms with Gasteiger partial charge in [-0.05, 0) is 20.8 Å². The molecule has 0 radical (unpaired) electrons. The number of hydrogen-bond donors (Lipinski definition) is 0. The standard InChI is InChI=1S/C7H18N.BCl2I2/c1-5-8(4,6-2)7-3;2-1(3,4)5/h5-7H2,1-4H3;/q+1;-1. The highest BCUT2D eigenvalue weighted by molar-refractivity contribution is 14.3. The minimum atomic E-state index is -1.12. The summed E-state index contributed by atoms with van der Waals surface area (Å²) in [5, 5.41) is 0. The summed E-state index contributed by atoms with van der Waals surface area (Å²) < 4.78 is 0.0928. The molecule has 0 heterocycles. The van der Waals surface area contributed by atoms with Crippen LogP contribution in [0.1, 0.15) is 20.8 Å². The number of quaternary nitrogens is 1. The van der Waals surface area contributed by atoms with Crippen molar-refractivity contribution >= 4 is 68.4 Å². The first-order valence-electron chi connectivity index (χ1n) is 4.39. The summed E-state index contributed by atoms with van der Waals surface area (Å²) in [5.74, 6) is 0. The van der Waals surface area contributed by atoms with Crippen LogP contribution in [0.2, 0.25) is 0 Å². The van der Waals surface area contributed by atoms with Crippen LogP contribution in [0.25, 0.3) is 0 Å². The smallest absolute Gasteiger partial charge is 0.279 e. The van der Waals surface area contributed by atoms with E-state index in [9.17, 15) is 0 Å². The second-order valence-electron chi connectivity index (χ2n) is 3.06. The molecule has 0 atom stereocenters. The van der Waals surface area contributed by atoms with Gasteiger partial charge in [0.25, 0.3) is 0.690 Å². The van der Waals surface area contributed by atoms with Crippen LogP contribution in [0, 0.1) is 0 Å². The SMILES string of the molecule is CC[N+](C)(CC)CC.Cl[B-](Cl)(I)I. The maximum Gasteiger partial charge on any atom is 0.279 e.